The van der Waals surface area contributed by atoms with Crippen molar-refractivity contribution in [3.05, 3.63) is 81.1 Å². The molecule has 350 valence electrons. The van der Waals surface area contributed by atoms with E-state index in [1.807, 2.05) is 0 Å². The molecule has 14 N–H and O–H groups in total. The zero-order chi connectivity index (χ0) is 45.8. The highest BCUT2D eigenvalue weighted by Crippen LogP contribution is 2.41. The van der Waals surface area contributed by atoms with Gasteiger partial charge in [0.25, 0.3) is 0 Å². The number of rotatable bonds is 6. The first kappa shape index (κ1) is 49.0. The van der Waals surface area contributed by atoms with E-state index < -0.39 is 119 Å². The minimum Gasteiger partial charge on any atom is -0.508 e. The van der Waals surface area contributed by atoms with Crippen molar-refractivity contribution in [2.24, 2.45) is 0 Å². The minimum absolute atomic E-state index is 0. The molecule has 0 unspecified atom stereocenters. The van der Waals surface area contributed by atoms with Gasteiger partial charge in [0.05, 0.1) is 12.7 Å². The van der Waals surface area contributed by atoms with Gasteiger partial charge in [-0.25, -0.2) is 0 Å². The van der Waals surface area contributed by atoms with Crippen LogP contribution in [0.4, 0.5) is 0 Å². The molecule has 0 radical (unpaired) electrons. The molecule has 0 saturated carbocycles. The quantitative estimate of drug-likeness (QED) is 0.106. The van der Waals surface area contributed by atoms with E-state index in [2.05, 4.69) is 0 Å². The Morgan fingerprint density at radius 3 is 1.38 bits per heavy atom. The molecule has 22 nitrogen and oxygen atoms in total. The Morgan fingerprint density at radius 2 is 0.938 bits per heavy atom. The van der Waals surface area contributed by atoms with Crippen molar-refractivity contribution in [3.63, 3.8) is 0 Å². The van der Waals surface area contributed by atoms with Crippen LogP contribution in [0.3, 0.4) is 0 Å². The van der Waals surface area contributed by atoms with Crippen LogP contribution in [0, 0.1) is 0 Å². The molecule has 2 aliphatic heterocycles. The standard InChI is InChI=1S/C21H20O11.C20H18O11.2CH4/c1-7-15(26)17(28)18(29)21(30-7)32-20-16(27)14-12(25)5-9(22)6-13(14)31-19(20)8-2-3-10(23)11(24)4-8;21-8-4-11(24)14-13(5-8)30-18(7-1-2-9(22)10(23)3-7)19(16(14)27)31-20-17(28)15(26)12(25)6-29-20;;/h2-7,15,17-18,21-26,28-29H,1H3;1-5,12,15,17,20-26,28H,6H2;2*1H4/t7-,15-,17+,18+,21-;12-,15+,17-,20+;;/m11../s1. The zero-order valence-corrected chi connectivity index (χ0v) is 32.2. The van der Waals surface area contributed by atoms with Gasteiger partial charge in [-0.15, -0.1) is 0 Å². The van der Waals surface area contributed by atoms with Crippen LogP contribution in [0.1, 0.15) is 21.8 Å². The molecule has 22 heteroatoms. The smallest absolute Gasteiger partial charge is 0.239 e. The number of fused-ring (bicyclic) bond motifs is 2. The summed E-state index contributed by atoms with van der Waals surface area (Å²) in [5, 5.41) is 138. The summed E-state index contributed by atoms with van der Waals surface area (Å²) in [5.41, 5.74) is -2.10. The maximum absolute atomic E-state index is 13.2. The number of aliphatic hydroxyl groups is 6. The van der Waals surface area contributed by atoms with E-state index in [-0.39, 0.29) is 70.9 Å². The summed E-state index contributed by atoms with van der Waals surface area (Å²) in [6.45, 7) is 1.03. The van der Waals surface area contributed by atoms with Gasteiger partial charge in [0.1, 0.15) is 81.6 Å². The van der Waals surface area contributed by atoms with Crippen LogP contribution in [0.2, 0.25) is 0 Å². The van der Waals surface area contributed by atoms with E-state index in [1.54, 1.807) is 0 Å². The molecule has 0 amide bonds. The summed E-state index contributed by atoms with van der Waals surface area (Å²) in [6, 6.07) is 11.0. The number of hydrogen-bond acceptors (Lipinski definition) is 22. The van der Waals surface area contributed by atoms with Gasteiger partial charge in [-0.2, -0.15) is 0 Å². The maximum atomic E-state index is 13.2. The molecule has 0 aliphatic carbocycles. The van der Waals surface area contributed by atoms with Gasteiger partial charge in [-0.05, 0) is 43.3 Å². The number of ether oxygens (including phenoxy) is 4. The fourth-order valence-corrected chi connectivity index (χ4v) is 6.69. The normalized spacial score (nSPS) is 24.0. The first-order chi connectivity index (χ1) is 29.7. The summed E-state index contributed by atoms with van der Waals surface area (Å²) < 4.78 is 33.0. The topological polar surface area (TPSA) is 381 Å². The number of aliphatic hydroxyl groups excluding tert-OH is 6. The van der Waals surface area contributed by atoms with Crippen LogP contribution in [-0.2, 0) is 9.47 Å². The molecule has 2 fully saturated rings. The van der Waals surface area contributed by atoms with E-state index in [9.17, 15) is 81.1 Å². The van der Waals surface area contributed by atoms with E-state index in [0.717, 1.165) is 48.5 Å². The molecule has 2 aromatic heterocycles. The van der Waals surface area contributed by atoms with Crippen molar-refractivity contribution in [1.29, 1.82) is 0 Å². The molecule has 2 saturated heterocycles. The highest BCUT2D eigenvalue weighted by atomic mass is 16.7. The molecule has 2 aliphatic rings. The van der Waals surface area contributed by atoms with Crippen molar-refractivity contribution >= 4 is 21.9 Å². The Bertz CT molecular complexity index is 2820. The number of hydrogen-bond donors (Lipinski definition) is 14. The third-order valence-electron chi connectivity index (χ3n) is 10.0. The summed E-state index contributed by atoms with van der Waals surface area (Å²) in [4.78, 5) is 26.4. The average molecular weight is 915 g/mol. The SMILES string of the molecule is C.C.C[C@H]1O[C@H](Oc2c(-c3ccc(O)c(O)c3)oc3cc(O)cc(O)c3c2=O)[C@@H](O)[C@@H](O)[C@@H]1O.O=c1c(O[C@@H]2OC[C@@H](O)[C@H](O)[C@H]2O)c(-c2ccc(O)c(O)c2)oc2cc(O)cc(O)c12. The van der Waals surface area contributed by atoms with Crippen molar-refractivity contribution in [2.45, 2.75) is 77.1 Å². The van der Waals surface area contributed by atoms with E-state index in [1.165, 1.54) is 19.1 Å². The molecule has 6 aromatic rings. The van der Waals surface area contributed by atoms with E-state index in [4.69, 9.17) is 27.8 Å². The van der Waals surface area contributed by atoms with Crippen LogP contribution >= 0.6 is 0 Å². The lowest BCUT2D eigenvalue weighted by atomic mass is 10.00. The largest absolute Gasteiger partial charge is 0.508 e. The fraction of sp³-hybridized carbons (Fsp3) is 0.302. The average Bonchev–Trinajstić information content (AvgIpc) is 3.22. The summed E-state index contributed by atoms with van der Waals surface area (Å²) in [6.07, 6.45) is -13.6. The van der Waals surface area contributed by atoms with Crippen LogP contribution in [0.15, 0.2) is 79.1 Å². The lowest BCUT2D eigenvalue weighted by molar-refractivity contribution is -0.268. The third-order valence-corrected chi connectivity index (χ3v) is 10.0. The molecule has 0 spiro atoms. The molecular formula is C43H46O22. The molecule has 4 aromatic carbocycles. The Labute approximate surface area is 365 Å². The second-order valence-corrected chi connectivity index (χ2v) is 14.4. The minimum atomic E-state index is -1.74. The molecular weight excluding hydrogens is 868 g/mol. The predicted molar refractivity (Wildman–Crippen MR) is 224 cm³/mol. The highest BCUT2D eigenvalue weighted by Gasteiger charge is 2.44. The number of phenolic OH excluding ortho intramolecular Hbond substituents is 8. The predicted octanol–water partition coefficient (Wildman–Crippen LogP) is 1.86. The van der Waals surface area contributed by atoms with E-state index in [0.29, 0.717) is 0 Å². The Balaban J connectivity index is 0.000000237. The molecule has 9 atom stereocenters. The molecule has 0 bridgehead atoms. The van der Waals surface area contributed by atoms with Crippen molar-refractivity contribution in [1.82, 2.24) is 0 Å². The van der Waals surface area contributed by atoms with Gasteiger partial charge in [-0.3, -0.25) is 9.59 Å². The molecule has 8 rings (SSSR count). The number of phenols is 8. The third kappa shape index (κ3) is 9.31. The van der Waals surface area contributed by atoms with Crippen molar-refractivity contribution in [2.75, 3.05) is 6.61 Å². The van der Waals surface area contributed by atoms with Gasteiger partial charge >= 0.3 is 0 Å². The molecule has 4 heterocycles. The van der Waals surface area contributed by atoms with Crippen LogP contribution in [0.5, 0.6) is 57.5 Å². The Hall–Kier alpha value is -7.02. The van der Waals surface area contributed by atoms with Crippen LogP contribution < -0.4 is 20.3 Å². The lowest BCUT2D eigenvalue weighted by Gasteiger charge is -2.38. The second-order valence-electron chi connectivity index (χ2n) is 14.4. The highest BCUT2D eigenvalue weighted by molar-refractivity contribution is 5.89. The molecule has 65 heavy (non-hydrogen) atoms. The maximum Gasteiger partial charge on any atom is 0.239 e. The zero-order valence-electron chi connectivity index (χ0n) is 32.2. The lowest BCUT2D eigenvalue weighted by Crippen LogP contribution is -2.58. The van der Waals surface area contributed by atoms with Gasteiger partial charge < -0.3 is 99.3 Å². The van der Waals surface area contributed by atoms with Gasteiger partial charge in [-0.1, -0.05) is 14.9 Å². The fourth-order valence-electron chi connectivity index (χ4n) is 6.69. The Morgan fingerprint density at radius 1 is 0.508 bits per heavy atom. The van der Waals surface area contributed by atoms with Crippen molar-refractivity contribution < 1.29 is 99.3 Å². The van der Waals surface area contributed by atoms with Gasteiger partial charge in [0.2, 0.25) is 34.9 Å². The number of aromatic hydroxyl groups is 8. The van der Waals surface area contributed by atoms with Crippen LogP contribution in [-0.4, -0.2) is 133 Å². The van der Waals surface area contributed by atoms with Crippen molar-refractivity contribution in [3.8, 4) is 80.1 Å². The monoisotopic (exact) mass is 914 g/mol. The first-order valence-corrected chi connectivity index (χ1v) is 18.5. The summed E-state index contributed by atoms with van der Waals surface area (Å²) in [7, 11) is 0. The first-order valence-electron chi connectivity index (χ1n) is 18.5. The van der Waals surface area contributed by atoms with Gasteiger partial charge in [0, 0.05) is 35.4 Å². The second kappa shape index (κ2) is 19.0. The van der Waals surface area contributed by atoms with Gasteiger partial charge in [0.15, 0.2) is 34.5 Å². The van der Waals surface area contributed by atoms with Crippen LogP contribution in [0.25, 0.3) is 44.6 Å². The number of benzene rings is 4. The van der Waals surface area contributed by atoms with E-state index >= 15 is 0 Å². The summed E-state index contributed by atoms with van der Waals surface area (Å²) >= 11 is 0. The Kier molecular flexibility index (Phi) is 14.3. The summed E-state index contributed by atoms with van der Waals surface area (Å²) in [5.74, 6) is -5.58.